The Labute approximate surface area is 217 Å². The zero-order valence-corrected chi connectivity index (χ0v) is 20.7. The predicted octanol–water partition coefficient (Wildman–Crippen LogP) is 8.78. The molecule has 0 radical (unpaired) electrons. The summed E-state index contributed by atoms with van der Waals surface area (Å²) in [7, 11) is 0. The van der Waals surface area contributed by atoms with E-state index in [1.165, 1.54) is 0 Å². The molecule has 0 saturated heterocycles. The minimum Gasteiger partial charge on any atom is -0.206 e. The van der Waals surface area contributed by atoms with E-state index in [2.05, 4.69) is 12.1 Å². The molecule has 0 amide bonds. The fraction of sp³-hybridized carbons (Fsp3) is 0.212. The molecule has 0 aliphatic carbocycles. The molecule has 0 heterocycles. The van der Waals surface area contributed by atoms with E-state index in [9.17, 15) is 8.78 Å². The zero-order chi connectivity index (χ0) is 26.0. The number of halogens is 2. The SMILES string of the molecule is N#Cc1ccc(-c2ccc(CCCCCCCc3ccc(-c4ccc(C#N)cc4)c(F)c3)cc2F)cc1. The van der Waals surface area contributed by atoms with Gasteiger partial charge in [0.05, 0.1) is 23.3 Å². The Hall–Kier alpha value is -4.28. The molecule has 0 spiro atoms. The Morgan fingerprint density at radius 1 is 0.486 bits per heavy atom. The summed E-state index contributed by atoms with van der Waals surface area (Å²) in [6.45, 7) is 0. The van der Waals surface area contributed by atoms with Crippen molar-refractivity contribution in [3.05, 3.63) is 119 Å². The summed E-state index contributed by atoms with van der Waals surface area (Å²) < 4.78 is 29.3. The first kappa shape index (κ1) is 25.8. The van der Waals surface area contributed by atoms with Crippen LogP contribution in [0.2, 0.25) is 0 Å². The van der Waals surface area contributed by atoms with Gasteiger partial charge in [0.25, 0.3) is 0 Å². The van der Waals surface area contributed by atoms with Crippen molar-refractivity contribution in [1.82, 2.24) is 0 Å². The molecule has 0 saturated carbocycles. The van der Waals surface area contributed by atoms with Gasteiger partial charge in [0.15, 0.2) is 0 Å². The molecule has 2 nitrogen and oxygen atoms in total. The minimum atomic E-state index is -0.236. The highest BCUT2D eigenvalue weighted by atomic mass is 19.1. The highest BCUT2D eigenvalue weighted by Crippen LogP contribution is 2.26. The molecule has 0 atom stereocenters. The predicted molar refractivity (Wildman–Crippen MR) is 144 cm³/mol. The lowest BCUT2D eigenvalue weighted by molar-refractivity contribution is 0.604. The lowest BCUT2D eigenvalue weighted by Crippen LogP contribution is -1.92. The quantitative estimate of drug-likeness (QED) is 0.209. The molecule has 0 N–H and O–H groups in total. The number of unbranched alkanes of at least 4 members (excludes halogenated alkanes) is 4. The number of nitrogens with zero attached hydrogens (tertiary/aromatic N) is 2. The second-order valence-corrected chi connectivity index (χ2v) is 9.27. The van der Waals surface area contributed by atoms with Crippen molar-refractivity contribution in [2.45, 2.75) is 44.9 Å². The maximum atomic E-state index is 14.6. The monoisotopic (exact) mass is 490 g/mol. The molecule has 0 aliphatic rings. The standard InChI is InChI=1S/C33H28F2N2/c34-32-20-24(12-18-30(32)28-14-8-26(22-36)9-15-28)6-4-2-1-3-5-7-25-13-19-31(33(35)21-25)29-16-10-27(23-37)11-17-29/h8-21H,1-7H2. The third-order valence-corrected chi connectivity index (χ3v) is 6.65. The van der Waals surface area contributed by atoms with E-state index in [0.717, 1.165) is 67.2 Å². The van der Waals surface area contributed by atoms with E-state index in [1.807, 2.05) is 24.3 Å². The Kier molecular flexibility index (Phi) is 8.79. The first-order valence-electron chi connectivity index (χ1n) is 12.7. The number of nitriles is 2. The largest absolute Gasteiger partial charge is 0.206 e. The summed E-state index contributed by atoms with van der Waals surface area (Å²) in [5.41, 5.74) is 5.75. The van der Waals surface area contributed by atoms with E-state index in [1.54, 1.807) is 60.7 Å². The molecule has 4 aromatic rings. The van der Waals surface area contributed by atoms with Crippen LogP contribution >= 0.6 is 0 Å². The first-order chi connectivity index (χ1) is 18.1. The van der Waals surface area contributed by atoms with Crippen LogP contribution in [0.3, 0.4) is 0 Å². The van der Waals surface area contributed by atoms with Crippen molar-refractivity contribution in [3.63, 3.8) is 0 Å². The summed E-state index contributed by atoms with van der Waals surface area (Å²) in [6.07, 6.45) is 6.93. The second kappa shape index (κ2) is 12.6. The van der Waals surface area contributed by atoms with Gasteiger partial charge in [-0.2, -0.15) is 10.5 Å². The van der Waals surface area contributed by atoms with Gasteiger partial charge in [-0.1, -0.05) is 67.8 Å². The molecule has 4 aromatic carbocycles. The van der Waals surface area contributed by atoms with E-state index < -0.39 is 0 Å². The van der Waals surface area contributed by atoms with Crippen molar-refractivity contribution in [3.8, 4) is 34.4 Å². The van der Waals surface area contributed by atoms with Crippen molar-refractivity contribution in [1.29, 1.82) is 10.5 Å². The molecule has 4 rings (SSSR count). The van der Waals surface area contributed by atoms with Crippen molar-refractivity contribution in [2.75, 3.05) is 0 Å². The van der Waals surface area contributed by atoms with Gasteiger partial charge < -0.3 is 0 Å². The van der Waals surface area contributed by atoms with Crippen LogP contribution in [0.25, 0.3) is 22.3 Å². The van der Waals surface area contributed by atoms with E-state index in [4.69, 9.17) is 10.5 Å². The minimum absolute atomic E-state index is 0.236. The van der Waals surface area contributed by atoms with Crippen molar-refractivity contribution in [2.24, 2.45) is 0 Å². The number of benzene rings is 4. The van der Waals surface area contributed by atoms with Crippen LogP contribution in [0.5, 0.6) is 0 Å². The Balaban J connectivity index is 1.18. The van der Waals surface area contributed by atoms with Gasteiger partial charge in [-0.05, 0) is 84.3 Å². The van der Waals surface area contributed by atoms with Crippen LogP contribution in [0.1, 0.15) is 54.4 Å². The average Bonchev–Trinajstić information content (AvgIpc) is 2.93. The van der Waals surface area contributed by atoms with Crippen LogP contribution in [0, 0.1) is 34.3 Å². The smallest absolute Gasteiger partial charge is 0.131 e. The van der Waals surface area contributed by atoms with Gasteiger partial charge in [-0.25, -0.2) is 8.78 Å². The Bertz CT molecular complexity index is 1310. The average molecular weight is 491 g/mol. The molecular formula is C33H28F2N2. The summed E-state index contributed by atoms with van der Waals surface area (Å²) >= 11 is 0. The van der Waals surface area contributed by atoms with Crippen molar-refractivity contribution < 1.29 is 8.78 Å². The molecule has 0 bridgehead atoms. The molecule has 0 aliphatic heterocycles. The fourth-order valence-electron chi connectivity index (χ4n) is 4.53. The van der Waals surface area contributed by atoms with Gasteiger partial charge in [0.1, 0.15) is 11.6 Å². The van der Waals surface area contributed by atoms with Gasteiger partial charge in [0, 0.05) is 11.1 Å². The number of hydrogen-bond acceptors (Lipinski definition) is 2. The lowest BCUT2D eigenvalue weighted by atomic mass is 9.98. The number of rotatable bonds is 10. The second-order valence-electron chi connectivity index (χ2n) is 9.27. The van der Waals surface area contributed by atoms with Gasteiger partial charge >= 0.3 is 0 Å². The maximum absolute atomic E-state index is 14.6. The zero-order valence-electron chi connectivity index (χ0n) is 20.7. The van der Waals surface area contributed by atoms with Gasteiger partial charge in [0.2, 0.25) is 0 Å². The molecular weight excluding hydrogens is 462 g/mol. The highest BCUT2D eigenvalue weighted by molar-refractivity contribution is 5.66. The summed E-state index contributed by atoms with van der Waals surface area (Å²) in [5.74, 6) is -0.473. The van der Waals surface area contributed by atoms with E-state index >= 15 is 0 Å². The van der Waals surface area contributed by atoms with E-state index in [-0.39, 0.29) is 11.6 Å². The molecule has 184 valence electrons. The van der Waals surface area contributed by atoms with Gasteiger partial charge in [-0.3, -0.25) is 0 Å². The van der Waals surface area contributed by atoms with Crippen molar-refractivity contribution >= 4 is 0 Å². The normalized spacial score (nSPS) is 10.6. The molecule has 4 heteroatoms. The van der Waals surface area contributed by atoms with Crippen LogP contribution in [-0.2, 0) is 12.8 Å². The topological polar surface area (TPSA) is 47.6 Å². The summed E-state index contributed by atoms with van der Waals surface area (Å²) in [6, 6.07) is 28.9. The fourth-order valence-corrected chi connectivity index (χ4v) is 4.53. The third-order valence-electron chi connectivity index (χ3n) is 6.65. The third kappa shape index (κ3) is 6.90. The van der Waals surface area contributed by atoms with Crippen LogP contribution in [0.15, 0.2) is 84.9 Å². The number of hydrogen-bond donors (Lipinski definition) is 0. The summed E-state index contributed by atoms with van der Waals surface area (Å²) in [4.78, 5) is 0. The Morgan fingerprint density at radius 2 is 0.865 bits per heavy atom. The lowest BCUT2D eigenvalue weighted by Gasteiger charge is -2.08. The molecule has 37 heavy (non-hydrogen) atoms. The van der Waals surface area contributed by atoms with Crippen LogP contribution in [0.4, 0.5) is 8.78 Å². The molecule has 0 aromatic heterocycles. The number of aryl methyl sites for hydroxylation is 2. The summed E-state index contributed by atoms with van der Waals surface area (Å²) in [5, 5.41) is 17.8. The van der Waals surface area contributed by atoms with Crippen LogP contribution in [-0.4, -0.2) is 0 Å². The van der Waals surface area contributed by atoms with E-state index in [0.29, 0.717) is 22.3 Å². The maximum Gasteiger partial charge on any atom is 0.131 e. The highest BCUT2D eigenvalue weighted by Gasteiger charge is 2.08. The molecule has 0 unspecified atom stereocenters. The molecule has 0 fully saturated rings. The Morgan fingerprint density at radius 3 is 1.22 bits per heavy atom. The first-order valence-corrected chi connectivity index (χ1v) is 12.7. The van der Waals surface area contributed by atoms with Crippen LogP contribution < -0.4 is 0 Å². The van der Waals surface area contributed by atoms with Gasteiger partial charge in [-0.15, -0.1) is 0 Å².